The third kappa shape index (κ3) is 2.21. The van der Waals surface area contributed by atoms with Gasteiger partial charge < -0.3 is 0 Å². The van der Waals surface area contributed by atoms with Gasteiger partial charge in [0.25, 0.3) is 0 Å². The molecule has 0 amide bonds. The number of sulfone groups is 1. The average Bonchev–Trinajstić information content (AvgIpc) is 2.80. The zero-order valence-electron chi connectivity index (χ0n) is 10.9. The number of nitrogens with zero attached hydrogens (tertiary/aromatic N) is 2. The predicted octanol–water partition coefficient (Wildman–Crippen LogP) is 1.35. The summed E-state index contributed by atoms with van der Waals surface area (Å²) < 4.78 is 24.9. The quantitative estimate of drug-likeness (QED) is 0.777. The SMILES string of the molecule is CC(C)c1nn(C2(C)CCS(=O)(=O)C2)cc1C=O. The fourth-order valence-electron chi connectivity index (χ4n) is 2.39. The summed E-state index contributed by atoms with van der Waals surface area (Å²) in [6, 6.07) is 0. The average molecular weight is 270 g/mol. The molecule has 0 bridgehead atoms. The molecule has 0 radical (unpaired) electrons. The first-order valence-electron chi connectivity index (χ1n) is 6.03. The van der Waals surface area contributed by atoms with Gasteiger partial charge in [-0.15, -0.1) is 0 Å². The minimum absolute atomic E-state index is 0.0948. The Kier molecular flexibility index (Phi) is 3.09. The largest absolute Gasteiger partial charge is 0.298 e. The Morgan fingerprint density at radius 3 is 2.56 bits per heavy atom. The lowest BCUT2D eigenvalue weighted by Gasteiger charge is -2.22. The monoisotopic (exact) mass is 270 g/mol. The van der Waals surface area contributed by atoms with Gasteiger partial charge in [-0.05, 0) is 19.3 Å². The molecule has 6 heteroatoms. The number of aldehydes is 1. The maximum absolute atomic E-state index is 11.6. The van der Waals surface area contributed by atoms with E-state index in [2.05, 4.69) is 5.10 Å². The molecule has 1 aliphatic heterocycles. The van der Waals surface area contributed by atoms with E-state index in [-0.39, 0.29) is 17.4 Å². The van der Waals surface area contributed by atoms with Gasteiger partial charge in [0.2, 0.25) is 0 Å². The number of hydrogen-bond donors (Lipinski definition) is 0. The Labute approximate surface area is 107 Å². The number of aromatic nitrogens is 2. The molecule has 0 aromatic carbocycles. The molecule has 1 fully saturated rings. The fraction of sp³-hybridized carbons (Fsp3) is 0.667. The van der Waals surface area contributed by atoms with Crippen molar-refractivity contribution in [3.8, 4) is 0 Å². The molecule has 1 atom stereocenters. The van der Waals surface area contributed by atoms with Crippen molar-refractivity contribution in [1.29, 1.82) is 0 Å². The number of carbonyl (C=O) groups is 1. The highest BCUT2D eigenvalue weighted by molar-refractivity contribution is 7.91. The highest BCUT2D eigenvalue weighted by Crippen LogP contribution is 2.31. The molecule has 2 rings (SSSR count). The topological polar surface area (TPSA) is 69.0 Å². The lowest BCUT2D eigenvalue weighted by molar-refractivity contribution is 0.112. The summed E-state index contributed by atoms with van der Waals surface area (Å²) in [4.78, 5) is 11.0. The smallest absolute Gasteiger partial charge is 0.153 e. The van der Waals surface area contributed by atoms with E-state index in [1.54, 1.807) is 10.9 Å². The summed E-state index contributed by atoms with van der Waals surface area (Å²) in [5.74, 6) is 0.432. The molecule has 0 aliphatic carbocycles. The Hall–Kier alpha value is -1.17. The highest BCUT2D eigenvalue weighted by Gasteiger charge is 2.41. The van der Waals surface area contributed by atoms with E-state index in [0.29, 0.717) is 12.0 Å². The molecule has 1 unspecified atom stereocenters. The van der Waals surface area contributed by atoms with Crippen molar-refractivity contribution in [2.24, 2.45) is 0 Å². The molecule has 5 nitrogen and oxygen atoms in total. The molecule has 0 saturated carbocycles. The second kappa shape index (κ2) is 4.19. The zero-order valence-corrected chi connectivity index (χ0v) is 11.7. The molecule has 0 N–H and O–H groups in total. The van der Waals surface area contributed by atoms with Gasteiger partial charge in [0.1, 0.15) is 0 Å². The Bertz CT molecular complexity index is 574. The second-order valence-electron chi connectivity index (χ2n) is 5.53. The first kappa shape index (κ1) is 13.3. The van der Waals surface area contributed by atoms with Gasteiger partial charge in [0.15, 0.2) is 16.1 Å². The van der Waals surface area contributed by atoms with Crippen molar-refractivity contribution < 1.29 is 13.2 Å². The minimum atomic E-state index is -2.98. The third-order valence-electron chi connectivity index (χ3n) is 3.48. The van der Waals surface area contributed by atoms with Crippen molar-refractivity contribution >= 4 is 16.1 Å². The van der Waals surface area contributed by atoms with Crippen LogP contribution in [0.25, 0.3) is 0 Å². The van der Waals surface area contributed by atoms with Gasteiger partial charge in [0, 0.05) is 6.20 Å². The van der Waals surface area contributed by atoms with E-state index in [1.807, 2.05) is 20.8 Å². The normalized spacial score (nSPS) is 26.7. The van der Waals surface area contributed by atoms with Crippen LogP contribution < -0.4 is 0 Å². The number of carbonyl (C=O) groups excluding carboxylic acids is 1. The standard InChI is InChI=1S/C12H18N2O3S/c1-9(2)11-10(7-15)6-14(13-11)12(3)4-5-18(16,17)8-12/h6-7,9H,4-5,8H2,1-3H3. The highest BCUT2D eigenvalue weighted by atomic mass is 32.2. The first-order chi connectivity index (χ1) is 8.27. The molecule has 100 valence electrons. The van der Waals surface area contributed by atoms with Crippen molar-refractivity contribution in [3.05, 3.63) is 17.5 Å². The maximum atomic E-state index is 11.6. The van der Waals surface area contributed by atoms with Gasteiger partial charge >= 0.3 is 0 Å². The van der Waals surface area contributed by atoms with Crippen LogP contribution in [-0.4, -0.2) is 36.0 Å². The van der Waals surface area contributed by atoms with Gasteiger partial charge in [-0.1, -0.05) is 13.8 Å². The van der Waals surface area contributed by atoms with Crippen LogP contribution >= 0.6 is 0 Å². The molecule has 1 aromatic heterocycles. The van der Waals surface area contributed by atoms with E-state index in [9.17, 15) is 13.2 Å². The Balaban J connectivity index is 2.44. The second-order valence-corrected chi connectivity index (χ2v) is 7.71. The number of hydrogen-bond acceptors (Lipinski definition) is 4. The van der Waals surface area contributed by atoms with Crippen molar-refractivity contribution in [1.82, 2.24) is 9.78 Å². The lowest BCUT2D eigenvalue weighted by Crippen LogP contribution is -2.32. The van der Waals surface area contributed by atoms with E-state index in [4.69, 9.17) is 0 Å². The molecular weight excluding hydrogens is 252 g/mol. The van der Waals surface area contributed by atoms with Gasteiger partial charge in [0.05, 0.1) is 28.3 Å². The molecule has 2 heterocycles. The summed E-state index contributed by atoms with van der Waals surface area (Å²) >= 11 is 0. The van der Waals surface area contributed by atoms with Gasteiger partial charge in [-0.3, -0.25) is 9.48 Å². The summed E-state index contributed by atoms with van der Waals surface area (Å²) in [6.45, 7) is 5.81. The molecule has 0 spiro atoms. The van der Waals surface area contributed by atoms with Crippen LogP contribution in [0.4, 0.5) is 0 Å². The molecule has 1 aromatic rings. The summed E-state index contributed by atoms with van der Waals surface area (Å²) in [5, 5.41) is 4.42. The fourth-order valence-corrected chi connectivity index (χ4v) is 4.51. The lowest BCUT2D eigenvalue weighted by atomic mass is 10.0. The summed E-state index contributed by atoms with van der Waals surface area (Å²) in [5.41, 5.74) is 0.759. The van der Waals surface area contributed by atoms with Crippen molar-refractivity contribution in [2.75, 3.05) is 11.5 Å². The van der Waals surface area contributed by atoms with Crippen LogP contribution in [0, 0.1) is 0 Å². The van der Waals surface area contributed by atoms with Crippen LogP contribution in [0.1, 0.15) is 49.2 Å². The van der Waals surface area contributed by atoms with E-state index in [1.165, 1.54) is 0 Å². The molecular formula is C12H18N2O3S. The van der Waals surface area contributed by atoms with Crippen LogP contribution in [0.5, 0.6) is 0 Å². The van der Waals surface area contributed by atoms with Gasteiger partial charge in [-0.25, -0.2) is 8.42 Å². The van der Waals surface area contributed by atoms with Crippen LogP contribution in [0.15, 0.2) is 6.20 Å². The minimum Gasteiger partial charge on any atom is -0.298 e. The zero-order chi connectivity index (χ0) is 13.6. The predicted molar refractivity (Wildman–Crippen MR) is 68.6 cm³/mol. The van der Waals surface area contributed by atoms with Crippen LogP contribution in [-0.2, 0) is 15.4 Å². The molecule has 18 heavy (non-hydrogen) atoms. The third-order valence-corrected chi connectivity index (χ3v) is 5.37. The van der Waals surface area contributed by atoms with Crippen LogP contribution in [0.2, 0.25) is 0 Å². The number of rotatable bonds is 3. The molecule has 1 saturated heterocycles. The van der Waals surface area contributed by atoms with E-state index >= 15 is 0 Å². The van der Waals surface area contributed by atoms with Crippen LogP contribution in [0.3, 0.4) is 0 Å². The Morgan fingerprint density at radius 1 is 1.50 bits per heavy atom. The van der Waals surface area contributed by atoms with Gasteiger partial charge in [-0.2, -0.15) is 5.10 Å². The Morgan fingerprint density at radius 2 is 2.17 bits per heavy atom. The summed E-state index contributed by atoms with van der Waals surface area (Å²) in [6.07, 6.45) is 3.00. The van der Waals surface area contributed by atoms with E-state index < -0.39 is 15.4 Å². The first-order valence-corrected chi connectivity index (χ1v) is 7.85. The molecule has 1 aliphatic rings. The summed E-state index contributed by atoms with van der Waals surface area (Å²) in [7, 11) is -2.98. The maximum Gasteiger partial charge on any atom is 0.153 e. The van der Waals surface area contributed by atoms with Crippen molar-refractivity contribution in [2.45, 2.75) is 38.6 Å². The van der Waals surface area contributed by atoms with E-state index in [0.717, 1.165) is 12.0 Å². The van der Waals surface area contributed by atoms with Crippen molar-refractivity contribution in [3.63, 3.8) is 0 Å².